The molecule has 0 aliphatic rings. The molecule has 3 aromatic rings. The molecule has 0 saturated carbocycles. The van der Waals surface area contributed by atoms with Crippen LogP contribution < -0.4 is 5.56 Å². The molecular formula is C13H9NO2. The Hall–Kier alpha value is -2.29. The van der Waals surface area contributed by atoms with Crippen molar-refractivity contribution in [3.05, 3.63) is 65.3 Å². The smallest absolute Gasteiger partial charge is 0.255 e. The molecule has 0 aliphatic heterocycles. The molecule has 3 rings (SSSR count). The first-order chi connectivity index (χ1) is 7.84. The molecule has 0 amide bonds. The van der Waals surface area contributed by atoms with Gasteiger partial charge in [0, 0.05) is 23.3 Å². The van der Waals surface area contributed by atoms with Crippen LogP contribution in [0.3, 0.4) is 0 Å². The first-order valence-corrected chi connectivity index (χ1v) is 5.00. The highest BCUT2D eigenvalue weighted by Gasteiger charge is 2.03. The van der Waals surface area contributed by atoms with E-state index in [9.17, 15) is 4.79 Å². The second-order valence-electron chi connectivity index (χ2n) is 3.56. The van der Waals surface area contributed by atoms with E-state index >= 15 is 0 Å². The normalized spacial score (nSPS) is 10.8. The summed E-state index contributed by atoms with van der Waals surface area (Å²) in [5.74, 6) is 0.712. The first-order valence-electron chi connectivity index (χ1n) is 5.00. The Labute approximate surface area is 91.6 Å². The van der Waals surface area contributed by atoms with E-state index in [1.807, 2.05) is 36.4 Å². The molecule has 3 heterocycles. The molecule has 0 spiro atoms. The molecule has 78 valence electrons. The summed E-state index contributed by atoms with van der Waals surface area (Å²) in [6, 6.07) is 12.8. The van der Waals surface area contributed by atoms with Crippen LogP contribution in [0.2, 0.25) is 0 Å². The van der Waals surface area contributed by atoms with Gasteiger partial charge in [-0.15, -0.1) is 0 Å². The molecule has 0 bridgehead atoms. The molecule has 0 unspecified atom stereocenters. The van der Waals surface area contributed by atoms with Crippen LogP contribution in [0.25, 0.3) is 16.8 Å². The van der Waals surface area contributed by atoms with E-state index in [2.05, 4.69) is 0 Å². The Balaban J connectivity index is 2.34. The molecule has 3 nitrogen and oxygen atoms in total. The van der Waals surface area contributed by atoms with Gasteiger partial charge in [-0.25, -0.2) is 0 Å². The standard InChI is InChI=1S/C13H9NO2/c15-13-9-10(12-5-3-7-16-12)8-11-4-1-2-6-14(11)13/h1-9H. The quantitative estimate of drug-likeness (QED) is 0.620. The number of rotatable bonds is 1. The fraction of sp³-hybridized carbons (Fsp3) is 0. The highest BCUT2D eigenvalue weighted by atomic mass is 16.3. The molecular weight excluding hydrogens is 202 g/mol. The Kier molecular flexibility index (Phi) is 1.90. The van der Waals surface area contributed by atoms with E-state index in [-0.39, 0.29) is 5.56 Å². The summed E-state index contributed by atoms with van der Waals surface area (Å²) in [4.78, 5) is 11.8. The molecule has 0 aromatic carbocycles. The largest absolute Gasteiger partial charge is 0.464 e. The fourth-order valence-electron chi connectivity index (χ4n) is 1.76. The lowest BCUT2D eigenvalue weighted by molar-refractivity contribution is 0.582. The monoisotopic (exact) mass is 211 g/mol. The highest BCUT2D eigenvalue weighted by Crippen LogP contribution is 2.19. The maximum Gasteiger partial charge on any atom is 0.255 e. The van der Waals surface area contributed by atoms with Gasteiger partial charge >= 0.3 is 0 Å². The molecule has 0 radical (unpaired) electrons. The summed E-state index contributed by atoms with van der Waals surface area (Å²) in [5.41, 5.74) is 1.62. The van der Waals surface area contributed by atoms with E-state index in [0.29, 0.717) is 5.76 Å². The van der Waals surface area contributed by atoms with Gasteiger partial charge in [0.05, 0.1) is 6.26 Å². The number of pyridine rings is 2. The molecule has 0 fully saturated rings. The first kappa shape index (κ1) is 8.97. The van der Waals surface area contributed by atoms with Crippen LogP contribution >= 0.6 is 0 Å². The van der Waals surface area contributed by atoms with Crippen LogP contribution in [0.1, 0.15) is 0 Å². The molecule has 3 aromatic heterocycles. The van der Waals surface area contributed by atoms with Crippen LogP contribution in [-0.4, -0.2) is 4.40 Å². The third-order valence-electron chi connectivity index (χ3n) is 2.52. The lowest BCUT2D eigenvalue weighted by Gasteiger charge is -2.01. The van der Waals surface area contributed by atoms with Crippen molar-refractivity contribution in [2.75, 3.05) is 0 Å². The van der Waals surface area contributed by atoms with Crippen LogP contribution in [0.4, 0.5) is 0 Å². The summed E-state index contributed by atoms with van der Waals surface area (Å²) in [6.07, 6.45) is 3.35. The highest BCUT2D eigenvalue weighted by molar-refractivity contribution is 5.64. The predicted octanol–water partition coefficient (Wildman–Crippen LogP) is 2.56. The third-order valence-corrected chi connectivity index (χ3v) is 2.52. The molecule has 0 N–H and O–H groups in total. The van der Waals surface area contributed by atoms with Gasteiger partial charge in [0.1, 0.15) is 5.76 Å². The van der Waals surface area contributed by atoms with Gasteiger partial charge in [0.15, 0.2) is 0 Å². The van der Waals surface area contributed by atoms with Crippen LogP contribution in [0.15, 0.2) is 64.1 Å². The minimum absolute atomic E-state index is 0.0514. The maximum atomic E-state index is 11.8. The predicted molar refractivity (Wildman–Crippen MR) is 61.4 cm³/mol. The van der Waals surface area contributed by atoms with Crippen molar-refractivity contribution >= 4 is 5.52 Å². The number of furan rings is 1. The van der Waals surface area contributed by atoms with Gasteiger partial charge in [0.25, 0.3) is 5.56 Å². The Morgan fingerprint density at radius 1 is 1.06 bits per heavy atom. The second kappa shape index (κ2) is 3.38. The van der Waals surface area contributed by atoms with Crippen LogP contribution in [0, 0.1) is 0 Å². The van der Waals surface area contributed by atoms with E-state index in [1.165, 1.54) is 0 Å². The van der Waals surface area contributed by atoms with Crippen molar-refractivity contribution in [1.29, 1.82) is 0 Å². The van der Waals surface area contributed by atoms with Crippen molar-refractivity contribution in [1.82, 2.24) is 4.40 Å². The van der Waals surface area contributed by atoms with Gasteiger partial charge in [-0.2, -0.15) is 0 Å². The average molecular weight is 211 g/mol. The summed E-state index contributed by atoms with van der Waals surface area (Å²) >= 11 is 0. The topological polar surface area (TPSA) is 34.6 Å². The van der Waals surface area contributed by atoms with Crippen LogP contribution in [0.5, 0.6) is 0 Å². The van der Waals surface area contributed by atoms with E-state index in [4.69, 9.17) is 4.42 Å². The van der Waals surface area contributed by atoms with Gasteiger partial charge in [-0.3, -0.25) is 9.20 Å². The molecule has 16 heavy (non-hydrogen) atoms. The van der Waals surface area contributed by atoms with E-state index in [0.717, 1.165) is 11.1 Å². The Bertz CT molecular complexity index is 680. The van der Waals surface area contributed by atoms with Crippen molar-refractivity contribution in [3.8, 4) is 11.3 Å². The molecule has 3 heteroatoms. The zero-order chi connectivity index (χ0) is 11.0. The van der Waals surface area contributed by atoms with Crippen molar-refractivity contribution in [2.45, 2.75) is 0 Å². The molecule has 0 atom stereocenters. The number of aromatic nitrogens is 1. The van der Waals surface area contributed by atoms with Gasteiger partial charge in [-0.05, 0) is 30.3 Å². The summed E-state index contributed by atoms with van der Waals surface area (Å²) in [5, 5.41) is 0. The number of hydrogen-bond acceptors (Lipinski definition) is 2. The molecule has 0 saturated heterocycles. The minimum atomic E-state index is -0.0514. The summed E-state index contributed by atoms with van der Waals surface area (Å²) < 4.78 is 6.88. The minimum Gasteiger partial charge on any atom is -0.464 e. The van der Waals surface area contributed by atoms with Crippen molar-refractivity contribution in [2.24, 2.45) is 0 Å². The van der Waals surface area contributed by atoms with E-state index < -0.39 is 0 Å². The number of fused-ring (bicyclic) bond motifs is 1. The second-order valence-corrected chi connectivity index (χ2v) is 3.56. The average Bonchev–Trinajstić information content (AvgIpc) is 2.82. The van der Waals surface area contributed by atoms with Crippen molar-refractivity contribution in [3.63, 3.8) is 0 Å². The summed E-state index contributed by atoms with van der Waals surface area (Å²) in [7, 11) is 0. The van der Waals surface area contributed by atoms with Gasteiger partial charge < -0.3 is 4.42 Å². The number of hydrogen-bond donors (Lipinski definition) is 0. The Morgan fingerprint density at radius 3 is 2.81 bits per heavy atom. The lowest BCUT2D eigenvalue weighted by atomic mass is 10.2. The summed E-state index contributed by atoms with van der Waals surface area (Å²) in [6.45, 7) is 0. The SMILES string of the molecule is O=c1cc(-c2ccco2)cc2ccccn12. The van der Waals surface area contributed by atoms with Gasteiger partial charge in [-0.1, -0.05) is 6.07 Å². The molecule has 0 aliphatic carbocycles. The fourth-order valence-corrected chi connectivity index (χ4v) is 1.76. The zero-order valence-corrected chi connectivity index (χ0v) is 8.46. The van der Waals surface area contributed by atoms with Crippen molar-refractivity contribution < 1.29 is 4.42 Å². The maximum absolute atomic E-state index is 11.8. The van der Waals surface area contributed by atoms with Crippen LogP contribution in [-0.2, 0) is 0 Å². The zero-order valence-electron chi connectivity index (χ0n) is 8.46. The lowest BCUT2D eigenvalue weighted by Crippen LogP contribution is -2.11. The van der Waals surface area contributed by atoms with Gasteiger partial charge in [0.2, 0.25) is 0 Å². The Morgan fingerprint density at radius 2 is 2.00 bits per heavy atom. The number of nitrogens with zero attached hydrogens (tertiary/aromatic N) is 1. The third kappa shape index (κ3) is 1.34. The van der Waals surface area contributed by atoms with E-state index in [1.54, 1.807) is 22.9 Å².